The molecule has 0 bridgehead atoms. The van der Waals surface area contributed by atoms with Gasteiger partial charge >= 0.3 is 0 Å². The quantitative estimate of drug-likeness (QED) is 0.870. The molecule has 1 aliphatic rings. The third-order valence-electron chi connectivity index (χ3n) is 4.06. The van der Waals surface area contributed by atoms with Gasteiger partial charge in [0.05, 0.1) is 11.0 Å². The van der Waals surface area contributed by atoms with E-state index >= 15 is 0 Å². The molecule has 0 aliphatic carbocycles. The van der Waals surface area contributed by atoms with Gasteiger partial charge in [0.25, 0.3) is 0 Å². The maximum atomic E-state index is 13.4. The molecule has 1 saturated heterocycles. The molecule has 1 aromatic rings. The topological polar surface area (TPSA) is 83.6 Å². The lowest BCUT2D eigenvalue weighted by atomic mass is 9.93. The van der Waals surface area contributed by atoms with Gasteiger partial charge in [-0.2, -0.15) is 4.31 Å². The Hall–Kier alpha value is -1.02. The summed E-state index contributed by atoms with van der Waals surface area (Å²) in [7, 11) is -3.63. The molecule has 0 radical (unpaired) electrons. The van der Waals surface area contributed by atoms with E-state index in [1.54, 1.807) is 6.92 Å². The summed E-state index contributed by atoms with van der Waals surface area (Å²) in [5.41, 5.74) is 5.61. The number of nitrogens with two attached hydrogens (primary N) is 1. The third kappa shape index (κ3) is 3.42. The van der Waals surface area contributed by atoms with Crippen molar-refractivity contribution < 1.29 is 17.9 Å². The van der Waals surface area contributed by atoms with Crippen LogP contribution in [0.1, 0.15) is 25.3 Å². The lowest BCUT2D eigenvalue weighted by molar-refractivity contribution is 0.0912. The van der Waals surface area contributed by atoms with Crippen LogP contribution in [0.15, 0.2) is 23.1 Å². The first-order chi connectivity index (χ1) is 9.86. The molecule has 1 aromatic carbocycles. The molecular formula is C14H21FN2O3S. The maximum absolute atomic E-state index is 13.4. The highest BCUT2D eigenvalue weighted by molar-refractivity contribution is 7.89. The van der Waals surface area contributed by atoms with E-state index in [-0.39, 0.29) is 22.9 Å². The Balaban J connectivity index is 2.19. The fourth-order valence-electron chi connectivity index (χ4n) is 2.62. The lowest BCUT2D eigenvalue weighted by Gasteiger charge is -2.32. The van der Waals surface area contributed by atoms with Gasteiger partial charge in [-0.25, -0.2) is 12.8 Å². The predicted molar refractivity (Wildman–Crippen MR) is 77.5 cm³/mol. The van der Waals surface area contributed by atoms with Crippen molar-refractivity contribution in [2.45, 2.75) is 37.3 Å². The number of nitrogens with zero attached hydrogens (tertiary/aromatic N) is 1. The van der Waals surface area contributed by atoms with Gasteiger partial charge in [0.15, 0.2) is 0 Å². The van der Waals surface area contributed by atoms with Gasteiger partial charge in [-0.3, -0.25) is 0 Å². The summed E-state index contributed by atoms with van der Waals surface area (Å²) in [6.07, 6.45) is 0.827. The van der Waals surface area contributed by atoms with E-state index < -0.39 is 21.9 Å². The maximum Gasteiger partial charge on any atom is 0.243 e. The minimum Gasteiger partial charge on any atom is -0.393 e. The number of piperidine rings is 1. The van der Waals surface area contributed by atoms with Gasteiger partial charge in [-0.05, 0) is 43.9 Å². The zero-order valence-electron chi connectivity index (χ0n) is 12.0. The minimum absolute atomic E-state index is 0.0424. The molecule has 5 nitrogen and oxygen atoms in total. The summed E-state index contributed by atoms with van der Waals surface area (Å²) < 4.78 is 39.9. The Labute approximate surface area is 124 Å². The first-order valence-electron chi connectivity index (χ1n) is 7.03. The van der Waals surface area contributed by atoms with E-state index in [1.807, 2.05) is 0 Å². The second-order valence-corrected chi connectivity index (χ2v) is 7.38. The van der Waals surface area contributed by atoms with Crippen LogP contribution in [0.5, 0.6) is 0 Å². The smallest absolute Gasteiger partial charge is 0.243 e. The van der Waals surface area contributed by atoms with E-state index in [1.165, 1.54) is 16.4 Å². The molecule has 1 unspecified atom stereocenters. The molecule has 1 atom stereocenters. The Morgan fingerprint density at radius 1 is 1.43 bits per heavy atom. The standard InChI is InChI=1S/C14H21FN2O3S/c1-10(18)11-4-6-17(7-5-11)21(19,20)13-2-3-14(15)12(8-13)9-16/h2-3,8,10-11,18H,4-7,9,16H2,1H3. The van der Waals surface area contributed by atoms with Crippen molar-refractivity contribution in [2.24, 2.45) is 11.7 Å². The largest absolute Gasteiger partial charge is 0.393 e. The monoisotopic (exact) mass is 316 g/mol. The number of sulfonamides is 1. The molecule has 3 N–H and O–H groups in total. The van der Waals surface area contributed by atoms with Crippen molar-refractivity contribution in [3.8, 4) is 0 Å². The van der Waals surface area contributed by atoms with Crippen LogP contribution >= 0.6 is 0 Å². The van der Waals surface area contributed by atoms with Crippen LogP contribution in [0.3, 0.4) is 0 Å². The third-order valence-corrected chi connectivity index (χ3v) is 5.95. The van der Waals surface area contributed by atoms with Crippen LogP contribution in [-0.2, 0) is 16.6 Å². The molecular weight excluding hydrogens is 295 g/mol. The van der Waals surface area contributed by atoms with E-state index in [0.717, 1.165) is 6.07 Å². The molecule has 1 heterocycles. The molecule has 7 heteroatoms. The highest BCUT2D eigenvalue weighted by atomic mass is 32.2. The Morgan fingerprint density at radius 2 is 2.05 bits per heavy atom. The van der Waals surface area contributed by atoms with Crippen LogP contribution in [0.25, 0.3) is 0 Å². The summed E-state index contributed by atoms with van der Waals surface area (Å²) >= 11 is 0. The minimum atomic E-state index is -3.63. The van der Waals surface area contributed by atoms with Crippen molar-refractivity contribution in [3.63, 3.8) is 0 Å². The zero-order chi connectivity index (χ0) is 15.6. The first kappa shape index (κ1) is 16.4. The van der Waals surface area contributed by atoms with Crippen molar-refractivity contribution in [1.82, 2.24) is 4.31 Å². The lowest BCUT2D eigenvalue weighted by Crippen LogP contribution is -2.40. The Kier molecular flexibility index (Phi) is 4.98. The SMILES string of the molecule is CC(O)C1CCN(S(=O)(=O)c2ccc(F)c(CN)c2)CC1. The molecule has 0 saturated carbocycles. The fourth-order valence-corrected chi connectivity index (χ4v) is 4.14. The average molecular weight is 316 g/mol. The van der Waals surface area contributed by atoms with Crippen molar-refractivity contribution in [2.75, 3.05) is 13.1 Å². The number of aliphatic hydroxyl groups excluding tert-OH is 1. The van der Waals surface area contributed by atoms with Crippen LogP contribution in [0.4, 0.5) is 4.39 Å². The molecule has 21 heavy (non-hydrogen) atoms. The Morgan fingerprint density at radius 3 is 2.57 bits per heavy atom. The summed E-state index contributed by atoms with van der Waals surface area (Å²) in [5.74, 6) is -0.367. The fraction of sp³-hybridized carbons (Fsp3) is 0.571. The van der Waals surface area contributed by atoms with Gasteiger partial charge in [0.1, 0.15) is 5.82 Å². The van der Waals surface area contributed by atoms with Gasteiger partial charge in [0.2, 0.25) is 10.0 Å². The van der Waals surface area contributed by atoms with Gasteiger partial charge in [-0.1, -0.05) is 0 Å². The highest BCUT2D eigenvalue weighted by Crippen LogP contribution is 2.26. The van der Waals surface area contributed by atoms with E-state index in [9.17, 15) is 17.9 Å². The first-order valence-corrected chi connectivity index (χ1v) is 8.47. The number of halogens is 1. The van der Waals surface area contributed by atoms with Crippen molar-refractivity contribution in [1.29, 1.82) is 0 Å². The van der Waals surface area contributed by atoms with Crippen molar-refractivity contribution >= 4 is 10.0 Å². The van der Waals surface area contributed by atoms with Gasteiger partial charge in [0, 0.05) is 25.2 Å². The molecule has 0 aromatic heterocycles. The molecule has 2 rings (SSSR count). The van der Waals surface area contributed by atoms with Gasteiger partial charge in [-0.15, -0.1) is 0 Å². The molecule has 1 fully saturated rings. The van der Waals surface area contributed by atoms with E-state index in [4.69, 9.17) is 5.73 Å². The zero-order valence-corrected chi connectivity index (χ0v) is 12.8. The van der Waals surface area contributed by atoms with Crippen molar-refractivity contribution in [3.05, 3.63) is 29.6 Å². The summed E-state index contributed by atoms with van der Waals surface area (Å²) in [6, 6.07) is 3.70. The number of hydrogen-bond acceptors (Lipinski definition) is 4. The summed E-state index contributed by atoms with van der Waals surface area (Å²) in [5, 5.41) is 9.56. The summed E-state index contributed by atoms with van der Waals surface area (Å²) in [6.45, 7) is 2.42. The van der Waals surface area contributed by atoms with Gasteiger partial charge < -0.3 is 10.8 Å². The Bertz CT molecular complexity index is 596. The predicted octanol–water partition coefficient (Wildman–Crippen LogP) is 1.07. The van der Waals surface area contributed by atoms with E-state index in [2.05, 4.69) is 0 Å². The second kappa shape index (κ2) is 6.39. The average Bonchev–Trinajstić information content (AvgIpc) is 2.47. The second-order valence-electron chi connectivity index (χ2n) is 5.44. The number of benzene rings is 1. The number of hydrogen-bond donors (Lipinski definition) is 2. The van der Waals surface area contributed by atoms with Crippen LogP contribution in [-0.4, -0.2) is 37.0 Å². The highest BCUT2D eigenvalue weighted by Gasteiger charge is 2.31. The normalized spacial score (nSPS) is 19.6. The molecule has 1 aliphatic heterocycles. The number of aliphatic hydroxyl groups is 1. The molecule has 0 spiro atoms. The number of rotatable bonds is 4. The van der Waals surface area contributed by atoms with Crippen LogP contribution < -0.4 is 5.73 Å². The van der Waals surface area contributed by atoms with Crippen LogP contribution in [0, 0.1) is 11.7 Å². The van der Waals surface area contributed by atoms with Crippen LogP contribution in [0.2, 0.25) is 0 Å². The van der Waals surface area contributed by atoms with E-state index in [0.29, 0.717) is 25.9 Å². The molecule has 118 valence electrons. The summed E-state index contributed by atoms with van der Waals surface area (Å²) in [4.78, 5) is 0.0693. The molecule has 0 amide bonds.